The molecule has 2 heterocycles. The Bertz CT molecular complexity index is 1040. The molecule has 3 rings (SSSR count). The number of ether oxygens (including phenoxy) is 2. The zero-order valence-electron chi connectivity index (χ0n) is 18.2. The average Bonchev–Trinajstić information content (AvgIpc) is 3.22. The molecule has 3 aromatic rings. The lowest BCUT2D eigenvalue weighted by Gasteiger charge is -2.15. The number of aromatic nitrogens is 3. The normalized spacial score (nSPS) is 11.5. The number of benzene rings is 1. The first kappa shape index (κ1) is 23.0. The topological polar surface area (TPSA) is 85.6 Å². The summed E-state index contributed by atoms with van der Waals surface area (Å²) in [5.74, 6) is 2.80. The van der Waals surface area contributed by atoms with Crippen LogP contribution in [0.3, 0.4) is 0 Å². The third kappa shape index (κ3) is 6.16. The molecule has 0 saturated carbocycles. The maximum absolute atomic E-state index is 12.7. The predicted molar refractivity (Wildman–Crippen MR) is 117 cm³/mol. The van der Waals surface area contributed by atoms with Gasteiger partial charge in [-0.05, 0) is 43.7 Å². The van der Waals surface area contributed by atoms with Crippen LogP contribution in [-0.4, -0.2) is 40.8 Å². The summed E-state index contributed by atoms with van der Waals surface area (Å²) < 4.78 is 37.2. The van der Waals surface area contributed by atoms with Crippen LogP contribution in [-0.2, 0) is 13.1 Å². The van der Waals surface area contributed by atoms with Crippen LogP contribution in [0.15, 0.2) is 53.9 Å². The van der Waals surface area contributed by atoms with Gasteiger partial charge in [0.25, 0.3) is 0 Å². The zero-order chi connectivity index (χ0) is 22.9. The quantitative estimate of drug-likeness (QED) is 0.389. The number of rotatable bonds is 9. The van der Waals surface area contributed by atoms with E-state index in [9.17, 15) is 8.78 Å². The van der Waals surface area contributed by atoms with Gasteiger partial charge in [-0.1, -0.05) is 6.07 Å². The van der Waals surface area contributed by atoms with Crippen molar-refractivity contribution in [2.45, 2.75) is 33.5 Å². The lowest BCUT2D eigenvalue weighted by Crippen LogP contribution is -2.36. The van der Waals surface area contributed by atoms with Crippen LogP contribution >= 0.6 is 0 Å². The van der Waals surface area contributed by atoms with Crippen LogP contribution in [0.1, 0.15) is 23.9 Å². The van der Waals surface area contributed by atoms with Crippen LogP contribution < -0.4 is 20.1 Å². The van der Waals surface area contributed by atoms with Gasteiger partial charge in [-0.15, -0.1) is 0 Å². The SMILES string of the molecule is CCNC(=NCc1ccc(-n2ccnc2C)nc1)NCc1cc(OC)ccc1OC(F)F. The minimum absolute atomic E-state index is 0.0822. The smallest absolute Gasteiger partial charge is 0.387 e. The van der Waals surface area contributed by atoms with Crippen molar-refractivity contribution in [3.05, 3.63) is 65.9 Å². The van der Waals surface area contributed by atoms with Crippen molar-refractivity contribution in [3.8, 4) is 17.3 Å². The molecular formula is C22H26F2N6O2. The van der Waals surface area contributed by atoms with Crippen molar-refractivity contribution in [1.82, 2.24) is 25.2 Å². The highest BCUT2D eigenvalue weighted by molar-refractivity contribution is 5.79. The minimum atomic E-state index is -2.91. The summed E-state index contributed by atoms with van der Waals surface area (Å²) in [5, 5.41) is 6.28. The van der Waals surface area contributed by atoms with E-state index in [1.165, 1.54) is 13.2 Å². The Balaban J connectivity index is 1.68. The third-order valence-corrected chi connectivity index (χ3v) is 4.58. The monoisotopic (exact) mass is 444 g/mol. The predicted octanol–water partition coefficient (Wildman–Crippen LogP) is 3.44. The van der Waals surface area contributed by atoms with Gasteiger partial charge >= 0.3 is 6.61 Å². The van der Waals surface area contributed by atoms with E-state index in [0.29, 0.717) is 30.4 Å². The van der Waals surface area contributed by atoms with E-state index in [2.05, 4.69) is 30.3 Å². The second-order valence-corrected chi connectivity index (χ2v) is 6.77. The largest absolute Gasteiger partial charge is 0.497 e. The number of methoxy groups -OCH3 is 1. The summed E-state index contributed by atoms with van der Waals surface area (Å²) >= 11 is 0. The molecule has 170 valence electrons. The van der Waals surface area contributed by atoms with Crippen molar-refractivity contribution < 1.29 is 18.3 Å². The fourth-order valence-electron chi connectivity index (χ4n) is 3.00. The van der Waals surface area contributed by atoms with Gasteiger partial charge < -0.3 is 20.1 Å². The number of aliphatic imine (C=N–C) groups is 1. The van der Waals surface area contributed by atoms with Gasteiger partial charge in [0.15, 0.2) is 5.96 Å². The second kappa shape index (κ2) is 11.1. The fraction of sp³-hybridized carbons (Fsp3) is 0.318. The molecule has 0 fully saturated rings. The molecule has 0 spiro atoms. The lowest BCUT2D eigenvalue weighted by molar-refractivity contribution is -0.0504. The second-order valence-electron chi connectivity index (χ2n) is 6.77. The highest BCUT2D eigenvalue weighted by atomic mass is 19.3. The summed E-state index contributed by atoms with van der Waals surface area (Å²) in [6.07, 6.45) is 5.34. The lowest BCUT2D eigenvalue weighted by atomic mass is 10.2. The van der Waals surface area contributed by atoms with Gasteiger partial charge in [0, 0.05) is 37.2 Å². The number of imidazole rings is 1. The van der Waals surface area contributed by atoms with E-state index < -0.39 is 6.61 Å². The number of alkyl halides is 2. The molecule has 0 radical (unpaired) electrons. The number of pyridine rings is 1. The molecule has 10 heteroatoms. The number of hydrogen-bond acceptors (Lipinski definition) is 5. The summed E-state index contributed by atoms with van der Waals surface area (Å²) in [6.45, 7) is 2.20. The molecule has 0 aliphatic heterocycles. The third-order valence-electron chi connectivity index (χ3n) is 4.58. The Morgan fingerprint density at radius 3 is 2.66 bits per heavy atom. The van der Waals surface area contributed by atoms with Gasteiger partial charge in [0.05, 0.1) is 13.7 Å². The first-order valence-corrected chi connectivity index (χ1v) is 10.1. The molecule has 8 nitrogen and oxygen atoms in total. The molecule has 1 aromatic carbocycles. The molecule has 0 aliphatic rings. The highest BCUT2D eigenvalue weighted by Gasteiger charge is 2.12. The average molecular weight is 444 g/mol. The maximum Gasteiger partial charge on any atom is 0.387 e. The number of halogens is 2. The maximum atomic E-state index is 12.7. The molecule has 0 amide bonds. The molecule has 0 aliphatic carbocycles. The van der Waals surface area contributed by atoms with E-state index in [1.807, 2.05) is 36.7 Å². The Morgan fingerprint density at radius 2 is 2.03 bits per heavy atom. The fourth-order valence-corrected chi connectivity index (χ4v) is 3.00. The molecule has 0 bridgehead atoms. The van der Waals surface area contributed by atoms with E-state index >= 15 is 0 Å². The number of nitrogens with zero attached hydrogens (tertiary/aromatic N) is 4. The molecule has 0 saturated heterocycles. The Labute approximate surface area is 185 Å². The summed E-state index contributed by atoms with van der Waals surface area (Å²) in [6, 6.07) is 8.54. The summed E-state index contributed by atoms with van der Waals surface area (Å²) in [5.41, 5.74) is 1.45. The molecule has 2 aromatic heterocycles. The van der Waals surface area contributed by atoms with Crippen molar-refractivity contribution in [2.24, 2.45) is 4.99 Å². The van der Waals surface area contributed by atoms with Crippen LogP contribution in [0.4, 0.5) is 8.78 Å². The van der Waals surface area contributed by atoms with Crippen LogP contribution in [0.5, 0.6) is 11.5 Å². The molecule has 32 heavy (non-hydrogen) atoms. The first-order chi connectivity index (χ1) is 15.5. The van der Waals surface area contributed by atoms with Gasteiger partial charge in [-0.25, -0.2) is 15.0 Å². The van der Waals surface area contributed by atoms with E-state index in [1.54, 1.807) is 24.5 Å². The van der Waals surface area contributed by atoms with Crippen LogP contribution in [0.2, 0.25) is 0 Å². The number of hydrogen-bond donors (Lipinski definition) is 2. The Morgan fingerprint density at radius 1 is 1.19 bits per heavy atom. The molecule has 2 N–H and O–H groups in total. The standard InChI is InChI=1S/C22H26F2N6O2/c1-4-25-22(29-14-17-11-18(31-3)6-7-19(17)32-21(23)24)28-13-16-5-8-20(27-12-16)30-10-9-26-15(30)2/h5-12,21H,4,13-14H2,1-3H3,(H2,25,28,29). The molecular weight excluding hydrogens is 418 g/mol. The summed E-state index contributed by atoms with van der Waals surface area (Å²) in [7, 11) is 1.51. The van der Waals surface area contributed by atoms with E-state index in [0.717, 1.165) is 17.2 Å². The van der Waals surface area contributed by atoms with Gasteiger partial charge in [-0.3, -0.25) is 4.57 Å². The number of aryl methyl sites for hydroxylation is 1. The van der Waals surface area contributed by atoms with Crippen molar-refractivity contribution in [3.63, 3.8) is 0 Å². The van der Waals surface area contributed by atoms with Crippen molar-refractivity contribution >= 4 is 5.96 Å². The number of nitrogens with one attached hydrogen (secondary N) is 2. The van der Waals surface area contributed by atoms with Crippen molar-refractivity contribution in [2.75, 3.05) is 13.7 Å². The Hall–Kier alpha value is -3.69. The van der Waals surface area contributed by atoms with E-state index in [-0.39, 0.29) is 12.3 Å². The van der Waals surface area contributed by atoms with Gasteiger partial charge in [0.2, 0.25) is 0 Å². The minimum Gasteiger partial charge on any atom is -0.497 e. The van der Waals surface area contributed by atoms with E-state index in [4.69, 9.17) is 4.74 Å². The first-order valence-electron chi connectivity index (χ1n) is 10.1. The Kier molecular flexibility index (Phi) is 7.96. The zero-order valence-corrected chi connectivity index (χ0v) is 18.2. The van der Waals surface area contributed by atoms with Gasteiger partial charge in [-0.2, -0.15) is 8.78 Å². The van der Waals surface area contributed by atoms with Crippen LogP contribution in [0.25, 0.3) is 5.82 Å². The molecule has 0 atom stereocenters. The van der Waals surface area contributed by atoms with Crippen LogP contribution in [0, 0.1) is 6.92 Å². The van der Waals surface area contributed by atoms with Crippen molar-refractivity contribution in [1.29, 1.82) is 0 Å². The summed E-state index contributed by atoms with van der Waals surface area (Å²) in [4.78, 5) is 13.2. The molecule has 0 unspecified atom stereocenters. The number of guanidine groups is 1. The van der Waals surface area contributed by atoms with Gasteiger partial charge in [0.1, 0.15) is 23.1 Å². The highest BCUT2D eigenvalue weighted by Crippen LogP contribution is 2.25.